The van der Waals surface area contributed by atoms with Gasteiger partial charge in [-0.25, -0.2) is 0 Å². The molecular formula is C12H13Br2NO3. The molecule has 98 valence electrons. The van der Waals surface area contributed by atoms with Crippen molar-refractivity contribution >= 4 is 37.8 Å². The Bertz CT molecular complexity index is 459. The van der Waals surface area contributed by atoms with Gasteiger partial charge >= 0.3 is 0 Å². The first-order valence-corrected chi connectivity index (χ1v) is 7.24. The van der Waals surface area contributed by atoms with E-state index in [9.17, 15) is 9.90 Å². The summed E-state index contributed by atoms with van der Waals surface area (Å²) in [4.78, 5) is 12.0. The number of hydrogen-bond donors (Lipinski definition) is 2. The van der Waals surface area contributed by atoms with E-state index < -0.39 is 0 Å². The first kappa shape index (κ1) is 13.8. The van der Waals surface area contributed by atoms with Crippen molar-refractivity contribution in [3.05, 3.63) is 26.6 Å². The normalized spacial score (nSPS) is 18.9. The molecule has 1 saturated heterocycles. The lowest BCUT2D eigenvalue weighted by molar-refractivity contribution is 0.0855. The second-order valence-electron chi connectivity index (χ2n) is 4.13. The fourth-order valence-electron chi connectivity index (χ4n) is 1.85. The van der Waals surface area contributed by atoms with E-state index in [0.717, 1.165) is 23.9 Å². The molecule has 6 heteroatoms. The van der Waals surface area contributed by atoms with Crippen LogP contribution in [0.5, 0.6) is 5.75 Å². The Morgan fingerprint density at radius 1 is 1.50 bits per heavy atom. The van der Waals surface area contributed by atoms with E-state index in [-0.39, 0.29) is 23.3 Å². The molecule has 0 unspecified atom stereocenters. The molecular weight excluding hydrogens is 366 g/mol. The van der Waals surface area contributed by atoms with Gasteiger partial charge < -0.3 is 15.2 Å². The van der Waals surface area contributed by atoms with Crippen LogP contribution in [0.4, 0.5) is 0 Å². The van der Waals surface area contributed by atoms with Crippen LogP contribution in [0.15, 0.2) is 21.1 Å². The Kier molecular flexibility index (Phi) is 4.64. The molecule has 18 heavy (non-hydrogen) atoms. The number of amides is 1. The lowest BCUT2D eigenvalue weighted by Crippen LogP contribution is -2.31. The largest absolute Gasteiger partial charge is 0.506 e. The quantitative estimate of drug-likeness (QED) is 0.850. The third-order valence-electron chi connectivity index (χ3n) is 2.79. The molecule has 0 saturated carbocycles. The van der Waals surface area contributed by atoms with E-state index in [2.05, 4.69) is 37.2 Å². The first-order chi connectivity index (χ1) is 8.58. The van der Waals surface area contributed by atoms with E-state index >= 15 is 0 Å². The highest BCUT2D eigenvalue weighted by Crippen LogP contribution is 2.31. The summed E-state index contributed by atoms with van der Waals surface area (Å²) in [5.41, 5.74) is 0.245. The average Bonchev–Trinajstić information content (AvgIpc) is 2.83. The van der Waals surface area contributed by atoms with Crippen molar-refractivity contribution in [1.29, 1.82) is 0 Å². The standard InChI is InChI=1S/C12H13Br2NO3/c13-7-4-9(11(16)10(14)5-7)12(17)15-6-8-2-1-3-18-8/h4-5,8,16H,1-3,6H2,(H,15,17)/t8-/m0/s1. The number of phenolic OH excluding ortho intramolecular Hbond substituents is 1. The van der Waals surface area contributed by atoms with E-state index in [1.54, 1.807) is 12.1 Å². The zero-order chi connectivity index (χ0) is 13.1. The number of aromatic hydroxyl groups is 1. The third-order valence-corrected chi connectivity index (χ3v) is 3.85. The number of benzene rings is 1. The molecule has 1 atom stereocenters. The lowest BCUT2D eigenvalue weighted by Gasteiger charge is -2.12. The van der Waals surface area contributed by atoms with Crippen molar-refractivity contribution in [3.63, 3.8) is 0 Å². The number of rotatable bonds is 3. The number of nitrogens with one attached hydrogen (secondary N) is 1. The second-order valence-corrected chi connectivity index (χ2v) is 5.90. The van der Waals surface area contributed by atoms with Crippen LogP contribution in [0, 0.1) is 0 Å². The van der Waals surface area contributed by atoms with Crippen LogP contribution in [-0.2, 0) is 4.74 Å². The monoisotopic (exact) mass is 377 g/mol. The van der Waals surface area contributed by atoms with Gasteiger partial charge in [0.05, 0.1) is 16.1 Å². The molecule has 1 fully saturated rings. The highest BCUT2D eigenvalue weighted by molar-refractivity contribution is 9.11. The van der Waals surface area contributed by atoms with Gasteiger partial charge in [-0.1, -0.05) is 15.9 Å². The Balaban J connectivity index is 2.04. The highest BCUT2D eigenvalue weighted by Gasteiger charge is 2.19. The molecule has 1 aliphatic heterocycles. The van der Waals surface area contributed by atoms with Gasteiger partial charge in [0.1, 0.15) is 5.75 Å². The van der Waals surface area contributed by atoms with Crippen LogP contribution in [-0.4, -0.2) is 30.3 Å². The Morgan fingerprint density at radius 3 is 2.94 bits per heavy atom. The first-order valence-electron chi connectivity index (χ1n) is 5.65. The van der Waals surface area contributed by atoms with Crippen molar-refractivity contribution in [2.75, 3.05) is 13.2 Å². The van der Waals surface area contributed by atoms with Gasteiger partial charge in [0, 0.05) is 17.6 Å². The van der Waals surface area contributed by atoms with Gasteiger partial charge in [-0.05, 0) is 40.9 Å². The van der Waals surface area contributed by atoms with E-state index in [0.29, 0.717) is 11.0 Å². The summed E-state index contributed by atoms with van der Waals surface area (Å²) in [5.74, 6) is -0.354. The maximum absolute atomic E-state index is 12.0. The van der Waals surface area contributed by atoms with Gasteiger partial charge in [0.25, 0.3) is 5.91 Å². The van der Waals surface area contributed by atoms with Crippen LogP contribution in [0.1, 0.15) is 23.2 Å². The van der Waals surface area contributed by atoms with Crippen LogP contribution < -0.4 is 5.32 Å². The fraction of sp³-hybridized carbons (Fsp3) is 0.417. The Morgan fingerprint density at radius 2 is 2.28 bits per heavy atom. The fourth-order valence-corrected chi connectivity index (χ4v) is 3.07. The molecule has 1 aliphatic rings. The van der Waals surface area contributed by atoms with Crippen molar-refractivity contribution in [1.82, 2.24) is 5.32 Å². The van der Waals surface area contributed by atoms with Crippen molar-refractivity contribution in [2.45, 2.75) is 18.9 Å². The molecule has 1 heterocycles. The smallest absolute Gasteiger partial charge is 0.255 e. The van der Waals surface area contributed by atoms with E-state index in [1.165, 1.54) is 0 Å². The van der Waals surface area contributed by atoms with Crippen molar-refractivity contribution in [2.24, 2.45) is 0 Å². The number of carbonyl (C=O) groups excluding carboxylic acids is 1. The van der Waals surface area contributed by atoms with Crippen LogP contribution in [0.25, 0.3) is 0 Å². The van der Waals surface area contributed by atoms with E-state index in [1.807, 2.05) is 0 Å². The topological polar surface area (TPSA) is 58.6 Å². The summed E-state index contributed by atoms with van der Waals surface area (Å²) in [6, 6.07) is 3.27. The zero-order valence-electron chi connectivity index (χ0n) is 9.58. The summed E-state index contributed by atoms with van der Waals surface area (Å²) >= 11 is 6.48. The molecule has 2 rings (SSSR count). The van der Waals surface area contributed by atoms with Crippen LogP contribution in [0.3, 0.4) is 0 Å². The van der Waals surface area contributed by atoms with Gasteiger partial charge in [-0.2, -0.15) is 0 Å². The summed E-state index contributed by atoms with van der Waals surface area (Å²) < 4.78 is 6.64. The predicted octanol–water partition coefficient (Wildman–Crippen LogP) is 2.83. The molecule has 1 aromatic carbocycles. The second kappa shape index (κ2) is 6.04. The van der Waals surface area contributed by atoms with Crippen molar-refractivity contribution in [3.8, 4) is 5.75 Å². The van der Waals surface area contributed by atoms with E-state index in [4.69, 9.17) is 4.74 Å². The molecule has 2 N–H and O–H groups in total. The highest BCUT2D eigenvalue weighted by atomic mass is 79.9. The SMILES string of the molecule is O=C(NC[C@@H]1CCCO1)c1cc(Br)cc(Br)c1O. The number of halogens is 2. The predicted molar refractivity (Wildman–Crippen MR) is 74.8 cm³/mol. The molecule has 0 radical (unpaired) electrons. The van der Waals surface area contributed by atoms with Gasteiger partial charge in [-0.3, -0.25) is 4.79 Å². The van der Waals surface area contributed by atoms with Crippen molar-refractivity contribution < 1.29 is 14.6 Å². The van der Waals surface area contributed by atoms with Crippen LogP contribution in [0.2, 0.25) is 0 Å². The Labute approximate surface area is 122 Å². The molecule has 0 aliphatic carbocycles. The number of phenols is 1. The maximum atomic E-state index is 12.0. The molecule has 0 bridgehead atoms. The van der Waals surface area contributed by atoms with Gasteiger partial charge in [0.2, 0.25) is 0 Å². The lowest BCUT2D eigenvalue weighted by atomic mass is 10.2. The van der Waals surface area contributed by atoms with Gasteiger partial charge in [0.15, 0.2) is 0 Å². The minimum atomic E-state index is -0.301. The average molecular weight is 379 g/mol. The summed E-state index contributed by atoms with van der Waals surface area (Å²) in [6.07, 6.45) is 2.09. The minimum Gasteiger partial charge on any atom is -0.506 e. The molecule has 0 spiro atoms. The number of ether oxygens (including phenoxy) is 1. The van der Waals surface area contributed by atoms with Gasteiger partial charge in [-0.15, -0.1) is 0 Å². The minimum absolute atomic E-state index is 0.0527. The molecule has 0 aromatic heterocycles. The molecule has 1 amide bonds. The number of carbonyl (C=O) groups is 1. The maximum Gasteiger partial charge on any atom is 0.255 e. The molecule has 4 nitrogen and oxygen atoms in total. The zero-order valence-corrected chi connectivity index (χ0v) is 12.8. The van der Waals surface area contributed by atoms with Crippen LogP contribution >= 0.6 is 31.9 Å². The molecule has 1 aromatic rings. The summed E-state index contributed by atoms with van der Waals surface area (Å²) in [7, 11) is 0. The number of hydrogen-bond acceptors (Lipinski definition) is 3. The Hall–Kier alpha value is -0.590. The summed E-state index contributed by atoms with van der Waals surface area (Å²) in [5, 5.41) is 12.6. The third kappa shape index (κ3) is 3.24. The summed E-state index contributed by atoms with van der Waals surface area (Å²) in [6.45, 7) is 1.23.